The predicted molar refractivity (Wildman–Crippen MR) is 96.2 cm³/mol. The van der Waals surface area contributed by atoms with Gasteiger partial charge in [0.2, 0.25) is 0 Å². The number of nitrogens with zero attached hydrogens (tertiary/aromatic N) is 1. The molecule has 1 heterocycles. The quantitative estimate of drug-likeness (QED) is 0.706. The first-order valence-corrected chi connectivity index (χ1v) is 9.77. The molecule has 1 aliphatic heterocycles. The van der Waals surface area contributed by atoms with E-state index in [2.05, 4.69) is 4.72 Å². The smallest absolute Gasteiger partial charge is 0.261 e. The highest BCUT2D eigenvalue weighted by molar-refractivity contribution is 7.92. The zero-order valence-electron chi connectivity index (χ0n) is 14.2. The van der Waals surface area contributed by atoms with Crippen LogP contribution < -0.4 is 4.72 Å². The van der Waals surface area contributed by atoms with Gasteiger partial charge in [-0.3, -0.25) is 9.52 Å². The summed E-state index contributed by atoms with van der Waals surface area (Å²) < 4.78 is 40.4. The van der Waals surface area contributed by atoms with Gasteiger partial charge in [0.25, 0.3) is 15.9 Å². The average molecular weight is 394 g/mol. The number of aliphatic hydroxyl groups excluding tert-OH is 2. The van der Waals surface area contributed by atoms with Gasteiger partial charge in [-0.1, -0.05) is 6.07 Å². The molecule has 1 amide bonds. The van der Waals surface area contributed by atoms with E-state index in [1.54, 1.807) is 0 Å². The summed E-state index contributed by atoms with van der Waals surface area (Å²) in [5, 5.41) is 19.1. The number of carbonyl (C=O) groups is 1. The second-order valence-corrected chi connectivity index (χ2v) is 8.01. The normalized spacial score (nSPS) is 19.9. The minimum absolute atomic E-state index is 0.0782. The number of amides is 1. The van der Waals surface area contributed by atoms with E-state index in [0.29, 0.717) is 0 Å². The van der Waals surface area contributed by atoms with Crippen LogP contribution >= 0.6 is 0 Å². The summed E-state index contributed by atoms with van der Waals surface area (Å²) >= 11 is 0. The number of aliphatic hydroxyl groups is 2. The lowest BCUT2D eigenvalue weighted by molar-refractivity contribution is 0.0664. The van der Waals surface area contributed by atoms with Gasteiger partial charge in [-0.25, -0.2) is 12.8 Å². The van der Waals surface area contributed by atoms with Gasteiger partial charge in [0, 0.05) is 17.8 Å². The van der Waals surface area contributed by atoms with E-state index >= 15 is 0 Å². The first-order valence-electron chi connectivity index (χ1n) is 8.28. The summed E-state index contributed by atoms with van der Waals surface area (Å²) in [5.74, 6) is -0.957. The number of likely N-dealkylation sites (tertiary alicyclic amines) is 1. The first kappa shape index (κ1) is 19.3. The number of carbonyl (C=O) groups excluding carboxylic acids is 1. The number of hydrogen-bond acceptors (Lipinski definition) is 5. The monoisotopic (exact) mass is 394 g/mol. The van der Waals surface area contributed by atoms with Gasteiger partial charge in [-0.15, -0.1) is 0 Å². The fourth-order valence-electron chi connectivity index (χ4n) is 3.01. The molecule has 3 rings (SSSR count). The lowest BCUT2D eigenvalue weighted by atomic mass is 10.1. The summed E-state index contributed by atoms with van der Waals surface area (Å²) in [5.41, 5.74) is 0.320. The molecule has 0 radical (unpaired) electrons. The van der Waals surface area contributed by atoms with Crippen molar-refractivity contribution in [3.63, 3.8) is 0 Å². The SMILES string of the molecule is O=C(c1cccc(S(=O)(=O)Nc2ccc(F)cc2)c1)N1C[C@@H](O)C[C@H]1CO. The van der Waals surface area contributed by atoms with E-state index in [1.165, 1.54) is 41.3 Å². The number of sulfonamides is 1. The molecule has 2 atom stereocenters. The second-order valence-electron chi connectivity index (χ2n) is 6.32. The number of anilines is 1. The number of benzene rings is 2. The molecule has 2 aromatic carbocycles. The number of hydrogen-bond donors (Lipinski definition) is 3. The van der Waals surface area contributed by atoms with Crippen molar-refractivity contribution in [1.29, 1.82) is 0 Å². The molecule has 0 spiro atoms. The van der Waals surface area contributed by atoms with Crippen LogP contribution in [0.25, 0.3) is 0 Å². The minimum atomic E-state index is -3.98. The van der Waals surface area contributed by atoms with Gasteiger partial charge in [0.05, 0.1) is 23.6 Å². The van der Waals surface area contributed by atoms with E-state index < -0.39 is 33.9 Å². The van der Waals surface area contributed by atoms with Crippen molar-refractivity contribution in [3.8, 4) is 0 Å². The molecule has 2 aromatic rings. The Kier molecular flexibility index (Phi) is 5.45. The standard InChI is InChI=1S/C18H19FN2O5S/c19-13-4-6-14(7-5-13)20-27(25,26)17-3-1-2-12(8-17)18(24)21-10-16(23)9-15(21)11-22/h1-8,15-16,20,22-23H,9-11H2/t15-,16-/m0/s1. The third-order valence-corrected chi connectivity index (χ3v) is 5.73. The van der Waals surface area contributed by atoms with Crippen LogP contribution in [0.4, 0.5) is 10.1 Å². The number of nitrogens with one attached hydrogen (secondary N) is 1. The van der Waals surface area contributed by atoms with Crippen LogP contribution in [0.1, 0.15) is 16.8 Å². The maximum absolute atomic E-state index is 13.0. The predicted octanol–water partition coefficient (Wildman–Crippen LogP) is 1.19. The third-order valence-electron chi connectivity index (χ3n) is 4.35. The van der Waals surface area contributed by atoms with Gasteiger partial charge >= 0.3 is 0 Å². The van der Waals surface area contributed by atoms with Gasteiger partial charge in [-0.05, 0) is 48.9 Å². The number of rotatable bonds is 5. The van der Waals surface area contributed by atoms with Crippen molar-refractivity contribution in [1.82, 2.24) is 4.90 Å². The van der Waals surface area contributed by atoms with Crippen LogP contribution in [0.3, 0.4) is 0 Å². The molecule has 1 aliphatic rings. The third kappa shape index (κ3) is 4.26. The van der Waals surface area contributed by atoms with Gasteiger partial charge < -0.3 is 15.1 Å². The second kappa shape index (κ2) is 7.63. The van der Waals surface area contributed by atoms with Crippen LogP contribution in [0.5, 0.6) is 0 Å². The van der Waals surface area contributed by atoms with E-state index in [9.17, 15) is 27.8 Å². The summed E-state index contributed by atoms with van der Waals surface area (Å²) in [6, 6.07) is 9.81. The molecule has 9 heteroatoms. The Labute approximate surface area is 156 Å². The molecule has 144 valence electrons. The van der Waals surface area contributed by atoms with Gasteiger partial charge in [0.15, 0.2) is 0 Å². The van der Waals surface area contributed by atoms with Crippen molar-refractivity contribution in [2.45, 2.75) is 23.5 Å². The number of β-amino-alcohol motifs (C(OH)–C–C–N with tert-alkyl or cyclic N) is 1. The van der Waals surface area contributed by atoms with Crippen molar-refractivity contribution in [3.05, 3.63) is 59.9 Å². The van der Waals surface area contributed by atoms with E-state index in [1.807, 2.05) is 0 Å². The lowest BCUT2D eigenvalue weighted by Crippen LogP contribution is -2.38. The van der Waals surface area contributed by atoms with Crippen LogP contribution in [-0.4, -0.2) is 54.7 Å². The topological polar surface area (TPSA) is 107 Å². The van der Waals surface area contributed by atoms with Gasteiger partial charge in [-0.2, -0.15) is 0 Å². The zero-order valence-corrected chi connectivity index (χ0v) is 15.1. The summed E-state index contributed by atoms with van der Waals surface area (Å²) in [6.07, 6.45) is -0.454. The molecule has 0 aromatic heterocycles. The minimum Gasteiger partial charge on any atom is -0.394 e. The van der Waals surface area contributed by atoms with Crippen LogP contribution in [-0.2, 0) is 10.0 Å². The molecule has 0 unspecified atom stereocenters. The van der Waals surface area contributed by atoms with Crippen LogP contribution in [0.2, 0.25) is 0 Å². The molecule has 0 saturated carbocycles. The maximum atomic E-state index is 13.0. The van der Waals surface area contributed by atoms with Crippen LogP contribution in [0.15, 0.2) is 53.4 Å². The van der Waals surface area contributed by atoms with Crippen LogP contribution in [0, 0.1) is 5.82 Å². The summed E-state index contributed by atoms with van der Waals surface area (Å²) in [4.78, 5) is 13.9. The highest BCUT2D eigenvalue weighted by Gasteiger charge is 2.34. The number of halogens is 1. The average Bonchev–Trinajstić information content (AvgIpc) is 3.04. The molecule has 1 fully saturated rings. The van der Waals surface area contributed by atoms with E-state index in [-0.39, 0.29) is 35.7 Å². The Morgan fingerprint density at radius 2 is 1.93 bits per heavy atom. The summed E-state index contributed by atoms with van der Waals surface area (Å²) in [7, 11) is -3.98. The van der Waals surface area contributed by atoms with E-state index in [4.69, 9.17) is 0 Å². The van der Waals surface area contributed by atoms with E-state index in [0.717, 1.165) is 12.1 Å². The Bertz CT molecular complexity index is 933. The first-order chi connectivity index (χ1) is 12.8. The molecular weight excluding hydrogens is 375 g/mol. The highest BCUT2D eigenvalue weighted by atomic mass is 32.2. The highest BCUT2D eigenvalue weighted by Crippen LogP contribution is 2.22. The van der Waals surface area contributed by atoms with Crippen molar-refractivity contribution in [2.75, 3.05) is 17.9 Å². The molecule has 27 heavy (non-hydrogen) atoms. The van der Waals surface area contributed by atoms with Gasteiger partial charge in [0.1, 0.15) is 5.82 Å². The lowest BCUT2D eigenvalue weighted by Gasteiger charge is -2.23. The molecule has 3 N–H and O–H groups in total. The maximum Gasteiger partial charge on any atom is 0.261 e. The largest absolute Gasteiger partial charge is 0.394 e. The molecule has 7 nitrogen and oxygen atoms in total. The molecular formula is C18H19FN2O5S. The Morgan fingerprint density at radius 1 is 1.22 bits per heavy atom. The van der Waals surface area contributed by atoms with Crippen molar-refractivity contribution >= 4 is 21.6 Å². The Balaban J connectivity index is 1.84. The summed E-state index contributed by atoms with van der Waals surface area (Å²) in [6.45, 7) is -0.207. The zero-order chi connectivity index (χ0) is 19.6. The fourth-order valence-corrected chi connectivity index (χ4v) is 4.11. The molecule has 1 saturated heterocycles. The Hall–Kier alpha value is -2.49. The molecule has 0 bridgehead atoms. The Morgan fingerprint density at radius 3 is 2.59 bits per heavy atom. The van der Waals surface area contributed by atoms with Crippen molar-refractivity contribution < 1.29 is 27.8 Å². The molecule has 0 aliphatic carbocycles. The van der Waals surface area contributed by atoms with Crippen molar-refractivity contribution in [2.24, 2.45) is 0 Å². The fraction of sp³-hybridized carbons (Fsp3) is 0.278.